The van der Waals surface area contributed by atoms with Crippen LogP contribution in [0.15, 0.2) is 12.1 Å². The van der Waals surface area contributed by atoms with Gasteiger partial charge >= 0.3 is 0 Å². The molecule has 0 radical (unpaired) electrons. The molecule has 1 aliphatic rings. The number of anilines is 1. The topological polar surface area (TPSA) is 79.6 Å². The van der Waals surface area contributed by atoms with Crippen molar-refractivity contribution in [2.75, 3.05) is 18.9 Å². The number of nitrogens with two attached hydrogens (primary N) is 1. The van der Waals surface area contributed by atoms with Gasteiger partial charge in [0.05, 0.1) is 5.52 Å². The predicted molar refractivity (Wildman–Crippen MR) is 77.2 cm³/mol. The molecule has 1 aliphatic carbocycles. The number of aromatic amines is 1. The van der Waals surface area contributed by atoms with E-state index in [1.165, 1.54) is 25.7 Å². The van der Waals surface area contributed by atoms with E-state index in [9.17, 15) is 0 Å². The number of aromatic nitrogens is 3. The van der Waals surface area contributed by atoms with Gasteiger partial charge in [0, 0.05) is 13.0 Å². The SMILES string of the molecule is CNc1ccc2[nH]c(C3CCC(CN)CC3)nc2n1. The van der Waals surface area contributed by atoms with Crippen molar-refractivity contribution in [3.63, 3.8) is 0 Å². The average Bonchev–Trinajstić information content (AvgIpc) is 2.90. The number of fused-ring (bicyclic) bond motifs is 1. The lowest BCUT2D eigenvalue weighted by molar-refractivity contribution is 0.326. The van der Waals surface area contributed by atoms with Crippen molar-refractivity contribution in [1.29, 1.82) is 0 Å². The molecular weight excluding hydrogens is 238 g/mol. The van der Waals surface area contributed by atoms with Crippen molar-refractivity contribution in [3.8, 4) is 0 Å². The van der Waals surface area contributed by atoms with Gasteiger partial charge in [0.25, 0.3) is 0 Å². The molecule has 2 heterocycles. The number of nitrogens with one attached hydrogen (secondary N) is 2. The lowest BCUT2D eigenvalue weighted by atomic mass is 9.82. The van der Waals surface area contributed by atoms with Crippen LogP contribution in [0.25, 0.3) is 11.2 Å². The first kappa shape index (κ1) is 12.4. The van der Waals surface area contributed by atoms with Crippen molar-refractivity contribution >= 4 is 17.0 Å². The molecule has 0 unspecified atom stereocenters. The average molecular weight is 259 g/mol. The van der Waals surface area contributed by atoms with Gasteiger partial charge in [0.2, 0.25) is 0 Å². The minimum atomic E-state index is 0.537. The van der Waals surface area contributed by atoms with Gasteiger partial charge in [0.15, 0.2) is 5.65 Å². The Labute approximate surface area is 113 Å². The molecular formula is C14H21N5. The van der Waals surface area contributed by atoms with Crippen molar-refractivity contribution in [3.05, 3.63) is 18.0 Å². The van der Waals surface area contributed by atoms with E-state index < -0.39 is 0 Å². The van der Waals surface area contributed by atoms with Crippen molar-refractivity contribution in [1.82, 2.24) is 15.0 Å². The van der Waals surface area contributed by atoms with E-state index in [4.69, 9.17) is 5.73 Å². The van der Waals surface area contributed by atoms with E-state index in [0.29, 0.717) is 11.8 Å². The molecule has 0 amide bonds. The molecule has 3 rings (SSSR count). The van der Waals surface area contributed by atoms with Gasteiger partial charge < -0.3 is 16.0 Å². The second-order valence-electron chi connectivity index (χ2n) is 5.39. The Hall–Kier alpha value is -1.62. The summed E-state index contributed by atoms with van der Waals surface area (Å²) in [6, 6.07) is 4.01. The Morgan fingerprint density at radius 3 is 2.74 bits per heavy atom. The summed E-state index contributed by atoms with van der Waals surface area (Å²) in [5, 5.41) is 3.04. The first-order valence-corrected chi connectivity index (χ1v) is 7.04. The van der Waals surface area contributed by atoms with Crippen LogP contribution in [0.4, 0.5) is 5.82 Å². The van der Waals surface area contributed by atoms with Gasteiger partial charge in [0.1, 0.15) is 11.6 Å². The molecule has 0 aromatic carbocycles. The molecule has 5 heteroatoms. The Bertz CT molecular complexity index is 554. The Balaban J connectivity index is 1.81. The van der Waals surface area contributed by atoms with E-state index in [0.717, 1.165) is 29.4 Å². The monoisotopic (exact) mass is 259 g/mol. The number of hydrogen-bond acceptors (Lipinski definition) is 4. The van der Waals surface area contributed by atoms with Gasteiger partial charge in [-0.25, -0.2) is 9.97 Å². The van der Waals surface area contributed by atoms with Crippen LogP contribution in [0, 0.1) is 5.92 Å². The third-order valence-electron chi connectivity index (χ3n) is 4.19. The summed E-state index contributed by atoms with van der Waals surface area (Å²) in [5.74, 6) is 3.19. The smallest absolute Gasteiger partial charge is 0.179 e. The van der Waals surface area contributed by atoms with Crippen LogP contribution in [0.5, 0.6) is 0 Å². The summed E-state index contributed by atoms with van der Waals surface area (Å²) >= 11 is 0. The first-order chi connectivity index (χ1) is 9.30. The van der Waals surface area contributed by atoms with Crippen LogP contribution in [-0.4, -0.2) is 28.5 Å². The normalized spacial score (nSPS) is 23.7. The summed E-state index contributed by atoms with van der Waals surface area (Å²) in [7, 11) is 1.87. The fourth-order valence-corrected chi connectivity index (χ4v) is 2.92. The highest BCUT2D eigenvalue weighted by Gasteiger charge is 2.23. The Morgan fingerprint density at radius 2 is 2.05 bits per heavy atom. The van der Waals surface area contributed by atoms with Crippen molar-refractivity contribution < 1.29 is 0 Å². The molecule has 0 spiro atoms. The number of pyridine rings is 1. The molecule has 1 saturated carbocycles. The summed E-state index contributed by atoms with van der Waals surface area (Å²) in [6.07, 6.45) is 4.79. The van der Waals surface area contributed by atoms with Crippen molar-refractivity contribution in [2.45, 2.75) is 31.6 Å². The summed E-state index contributed by atoms with van der Waals surface area (Å²) < 4.78 is 0. The largest absolute Gasteiger partial charge is 0.373 e. The second-order valence-corrected chi connectivity index (χ2v) is 5.39. The molecule has 0 bridgehead atoms. The first-order valence-electron chi connectivity index (χ1n) is 7.04. The molecule has 2 aromatic rings. The van der Waals surface area contributed by atoms with Crippen LogP contribution in [-0.2, 0) is 0 Å². The van der Waals surface area contributed by atoms with E-state index in [1.807, 2.05) is 19.2 Å². The lowest BCUT2D eigenvalue weighted by Gasteiger charge is -2.26. The highest BCUT2D eigenvalue weighted by Crippen LogP contribution is 2.34. The molecule has 5 nitrogen and oxygen atoms in total. The van der Waals surface area contributed by atoms with Gasteiger partial charge in [-0.15, -0.1) is 0 Å². The Kier molecular flexibility index (Phi) is 3.38. The van der Waals surface area contributed by atoms with Gasteiger partial charge in [-0.2, -0.15) is 0 Å². The maximum Gasteiger partial charge on any atom is 0.179 e. The summed E-state index contributed by atoms with van der Waals surface area (Å²) in [4.78, 5) is 12.5. The molecule has 1 fully saturated rings. The third-order valence-corrected chi connectivity index (χ3v) is 4.19. The van der Waals surface area contributed by atoms with Crippen LogP contribution in [0.1, 0.15) is 37.4 Å². The standard InChI is InChI=1S/C14H21N5/c1-16-12-7-6-11-14(18-12)19-13(17-11)10-4-2-9(8-15)3-5-10/h6-7,9-10H,2-5,8,15H2,1H3,(H2,16,17,18,19). The molecule has 0 saturated heterocycles. The zero-order chi connectivity index (χ0) is 13.2. The predicted octanol–water partition coefficient (Wildman–Crippen LogP) is 2.23. The number of nitrogens with zero attached hydrogens (tertiary/aromatic N) is 2. The highest BCUT2D eigenvalue weighted by molar-refractivity contribution is 5.73. The van der Waals surface area contributed by atoms with Crippen LogP contribution >= 0.6 is 0 Å². The van der Waals surface area contributed by atoms with E-state index >= 15 is 0 Å². The third kappa shape index (κ3) is 2.42. The van der Waals surface area contributed by atoms with Gasteiger partial charge in [-0.1, -0.05) is 0 Å². The minimum absolute atomic E-state index is 0.537. The Morgan fingerprint density at radius 1 is 1.26 bits per heavy atom. The van der Waals surface area contributed by atoms with Crippen LogP contribution in [0.2, 0.25) is 0 Å². The van der Waals surface area contributed by atoms with Gasteiger partial charge in [-0.05, 0) is 50.3 Å². The van der Waals surface area contributed by atoms with Gasteiger partial charge in [-0.3, -0.25) is 0 Å². The fraction of sp³-hybridized carbons (Fsp3) is 0.571. The highest BCUT2D eigenvalue weighted by atomic mass is 15.0. The molecule has 102 valence electrons. The lowest BCUT2D eigenvalue weighted by Crippen LogP contribution is -2.21. The van der Waals surface area contributed by atoms with Crippen LogP contribution < -0.4 is 11.1 Å². The van der Waals surface area contributed by atoms with Crippen molar-refractivity contribution in [2.24, 2.45) is 11.7 Å². The molecule has 0 aliphatic heterocycles. The summed E-state index contributed by atoms with van der Waals surface area (Å²) in [6.45, 7) is 0.819. The zero-order valence-corrected chi connectivity index (χ0v) is 11.3. The maximum absolute atomic E-state index is 5.74. The maximum atomic E-state index is 5.74. The zero-order valence-electron chi connectivity index (χ0n) is 11.3. The number of H-pyrrole nitrogens is 1. The van der Waals surface area contributed by atoms with E-state index in [-0.39, 0.29) is 0 Å². The quantitative estimate of drug-likeness (QED) is 0.789. The number of imidazole rings is 1. The molecule has 2 aromatic heterocycles. The summed E-state index contributed by atoms with van der Waals surface area (Å²) in [5.41, 5.74) is 7.57. The minimum Gasteiger partial charge on any atom is -0.373 e. The molecule has 19 heavy (non-hydrogen) atoms. The number of rotatable bonds is 3. The fourth-order valence-electron chi connectivity index (χ4n) is 2.92. The van der Waals surface area contributed by atoms with E-state index in [2.05, 4.69) is 20.3 Å². The molecule has 4 N–H and O–H groups in total. The van der Waals surface area contributed by atoms with Crippen LogP contribution in [0.3, 0.4) is 0 Å². The molecule has 0 atom stereocenters. The number of hydrogen-bond donors (Lipinski definition) is 3. The second kappa shape index (κ2) is 5.17. The van der Waals surface area contributed by atoms with E-state index in [1.54, 1.807) is 0 Å².